The molecule has 1 heterocycles. The highest BCUT2D eigenvalue weighted by Crippen LogP contribution is 2.32. The van der Waals surface area contributed by atoms with Crippen molar-refractivity contribution in [1.82, 2.24) is 0 Å². The molecule has 1 radical (unpaired) electrons. The van der Waals surface area contributed by atoms with Gasteiger partial charge in [0.15, 0.2) is 0 Å². The minimum atomic E-state index is 0.201. The third-order valence-corrected chi connectivity index (χ3v) is 4.24. The van der Waals surface area contributed by atoms with Crippen molar-refractivity contribution < 1.29 is 4.79 Å². The van der Waals surface area contributed by atoms with E-state index in [-0.39, 0.29) is 5.78 Å². The van der Waals surface area contributed by atoms with E-state index in [2.05, 4.69) is 69.7 Å². The summed E-state index contributed by atoms with van der Waals surface area (Å²) < 4.78 is 0. The molecule has 2 nitrogen and oxygen atoms in total. The van der Waals surface area contributed by atoms with Gasteiger partial charge in [-0.05, 0) is 49.4 Å². The highest BCUT2D eigenvalue weighted by molar-refractivity contribution is 6.93. The van der Waals surface area contributed by atoms with Crippen molar-refractivity contribution in [3.8, 4) is 0 Å². The Hall–Kier alpha value is -2.42. The fraction of sp³-hybridized carbons (Fsp3) is 0.238. The Balaban J connectivity index is 1.98. The summed E-state index contributed by atoms with van der Waals surface area (Å²) in [7, 11) is 2.13. The Morgan fingerprint density at radius 3 is 2.00 bits per heavy atom. The van der Waals surface area contributed by atoms with E-state index in [4.69, 9.17) is 4.99 Å². The minimum Gasteiger partial charge on any atom is -0.300 e. The summed E-state index contributed by atoms with van der Waals surface area (Å²) in [6.45, 7) is 5.80. The van der Waals surface area contributed by atoms with Crippen LogP contribution in [0.2, 0.25) is 0 Å². The van der Waals surface area contributed by atoms with E-state index in [0.717, 1.165) is 27.9 Å². The van der Waals surface area contributed by atoms with Crippen LogP contribution in [-0.4, -0.2) is 18.7 Å². The van der Waals surface area contributed by atoms with E-state index >= 15 is 0 Å². The first kappa shape index (κ1) is 16.4. The van der Waals surface area contributed by atoms with Gasteiger partial charge in [-0.25, -0.2) is 0 Å². The summed E-state index contributed by atoms with van der Waals surface area (Å²) in [5.74, 6) is 0.201. The molecule has 0 saturated heterocycles. The normalized spacial score (nSPS) is 13.7. The molecule has 1 aliphatic rings. The number of rotatable bonds is 5. The number of aliphatic imine (C=N–C) groups is 1. The monoisotopic (exact) mass is 314 g/mol. The molecule has 0 bridgehead atoms. The molecule has 2 aromatic carbocycles. The Labute approximate surface area is 144 Å². The molecule has 2 aromatic rings. The van der Waals surface area contributed by atoms with Gasteiger partial charge in [0.25, 0.3) is 0 Å². The number of benzene rings is 2. The third kappa shape index (κ3) is 3.73. The summed E-state index contributed by atoms with van der Waals surface area (Å²) in [5.41, 5.74) is 7.88. The molecule has 119 valence electrons. The van der Waals surface area contributed by atoms with Gasteiger partial charge in [0.1, 0.15) is 5.78 Å². The van der Waals surface area contributed by atoms with Gasteiger partial charge in [0.05, 0.1) is 5.70 Å². The Bertz CT molecular complexity index is 814. The lowest BCUT2D eigenvalue weighted by molar-refractivity contribution is -0.116. The van der Waals surface area contributed by atoms with E-state index in [1.165, 1.54) is 11.1 Å². The van der Waals surface area contributed by atoms with Crippen LogP contribution in [0, 0.1) is 13.8 Å². The molecule has 3 heteroatoms. The lowest BCUT2D eigenvalue weighted by atomic mass is 9.62. The van der Waals surface area contributed by atoms with Crippen LogP contribution in [0.1, 0.15) is 42.0 Å². The van der Waals surface area contributed by atoms with Crippen LogP contribution in [0.25, 0.3) is 11.2 Å². The fourth-order valence-corrected chi connectivity index (χ4v) is 2.79. The third-order valence-electron chi connectivity index (χ3n) is 4.24. The van der Waals surface area contributed by atoms with E-state index in [1.54, 1.807) is 6.92 Å². The number of Topliss-reactive ketones (excluding diaryl/α,β-unsaturated/α-hetero) is 1. The molecule has 0 amide bonds. The lowest BCUT2D eigenvalue weighted by Gasteiger charge is -2.08. The van der Waals surface area contributed by atoms with Crippen molar-refractivity contribution >= 4 is 29.8 Å². The molecule has 0 saturated carbocycles. The summed E-state index contributed by atoms with van der Waals surface area (Å²) in [6, 6.07) is 17.0. The number of carbonyl (C=O) groups is 1. The number of carbonyl (C=O) groups excluding carboxylic acids is 1. The molecular formula is C21H21BNO. The Morgan fingerprint density at radius 2 is 1.46 bits per heavy atom. The van der Waals surface area contributed by atoms with Crippen LogP contribution >= 0.6 is 0 Å². The lowest BCUT2D eigenvalue weighted by Crippen LogP contribution is -2.08. The van der Waals surface area contributed by atoms with Crippen molar-refractivity contribution in [2.45, 2.75) is 33.6 Å². The SMILES string of the molecule is CC(=O)CCC1=NC(c2ccc(C)cc2)=C(c2ccc(C)cc2)[B]1. The predicted octanol–water partition coefficient (Wildman–Crippen LogP) is 4.61. The number of ketones is 1. The molecule has 3 rings (SSSR count). The second-order valence-electron chi connectivity index (χ2n) is 6.44. The van der Waals surface area contributed by atoms with Crippen LogP contribution in [0.5, 0.6) is 0 Å². The highest BCUT2D eigenvalue weighted by Gasteiger charge is 2.22. The van der Waals surface area contributed by atoms with Crippen molar-refractivity contribution in [2.24, 2.45) is 4.99 Å². The quantitative estimate of drug-likeness (QED) is 0.741. The molecule has 0 spiro atoms. The van der Waals surface area contributed by atoms with Gasteiger partial charge in [-0.2, -0.15) is 0 Å². The Kier molecular flexibility index (Phi) is 4.80. The maximum atomic E-state index is 11.3. The molecule has 24 heavy (non-hydrogen) atoms. The van der Waals surface area contributed by atoms with Crippen molar-refractivity contribution in [2.75, 3.05) is 0 Å². The molecule has 0 fully saturated rings. The first-order valence-electron chi connectivity index (χ1n) is 8.33. The van der Waals surface area contributed by atoms with Gasteiger partial charge in [-0.15, -0.1) is 0 Å². The Morgan fingerprint density at radius 1 is 0.917 bits per heavy atom. The maximum Gasteiger partial charge on any atom is 0.215 e. The summed E-state index contributed by atoms with van der Waals surface area (Å²) in [6.07, 6.45) is 1.23. The second-order valence-corrected chi connectivity index (χ2v) is 6.44. The van der Waals surface area contributed by atoms with E-state index in [0.29, 0.717) is 12.8 Å². The van der Waals surface area contributed by atoms with Crippen molar-refractivity contribution in [3.05, 3.63) is 70.8 Å². The van der Waals surface area contributed by atoms with Crippen LogP contribution in [0.15, 0.2) is 53.5 Å². The number of hydrogen-bond acceptors (Lipinski definition) is 2. The molecular weight excluding hydrogens is 293 g/mol. The zero-order valence-electron chi connectivity index (χ0n) is 14.5. The van der Waals surface area contributed by atoms with Gasteiger partial charge in [0, 0.05) is 6.42 Å². The van der Waals surface area contributed by atoms with Crippen LogP contribution in [0.3, 0.4) is 0 Å². The summed E-state index contributed by atoms with van der Waals surface area (Å²) in [5, 5.41) is 0. The van der Waals surface area contributed by atoms with Gasteiger partial charge in [-0.1, -0.05) is 59.7 Å². The van der Waals surface area contributed by atoms with E-state index in [1.807, 2.05) is 0 Å². The average Bonchev–Trinajstić information content (AvgIpc) is 2.98. The first-order chi connectivity index (χ1) is 11.5. The molecule has 1 aliphatic heterocycles. The molecule has 0 unspecified atom stereocenters. The molecule has 0 atom stereocenters. The van der Waals surface area contributed by atoms with Gasteiger partial charge >= 0.3 is 0 Å². The smallest absolute Gasteiger partial charge is 0.215 e. The van der Waals surface area contributed by atoms with Crippen LogP contribution in [0.4, 0.5) is 0 Å². The summed E-state index contributed by atoms with van der Waals surface area (Å²) >= 11 is 0. The van der Waals surface area contributed by atoms with Gasteiger partial charge < -0.3 is 4.79 Å². The standard InChI is InChI=1S/C21H21BNO/c1-14-4-9-17(10-5-14)20-21(18-11-6-15(2)7-12-18)23-19(22-20)13-8-16(3)24/h4-7,9-12H,8,13H2,1-3H3. The molecule has 0 aliphatic carbocycles. The van der Waals surface area contributed by atoms with Gasteiger partial charge in [0.2, 0.25) is 7.28 Å². The number of hydrogen-bond donors (Lipinski definition) is 0. The maximum absolute atomic E-state index is 11.3. The predicted molar refractivity (Wildman–Crippen MR) is 102 cm³/mol. The van der Waals surface area contributed by atoms with E-state index < -0.39 is 0 Å². The highest BCUT2D eigenvalue weighted by atomic mass is 16.1. The summed E-state index contributed by atoms with van der Waals surface area (Å²) in [4.78, 5) is 16.1. The van der Waals surface area contributed by atoms with E-state index in [9.17, 15) is 4.79 Å². The molecule has 0 aromatic heterocycles. The topological polar surface area (TPSA) is 29.4 Å². The fourth-order valence-electron chi connectivity index (χ4n) is 2.79. The average molecular weight is 314 g/mol. The van der Waals surface area contributed by atoms with Crippen molar-refractivity contribution in [3.63, 3.8) is 0 Å². The first-order valence-corrected chi connectivity index (χ1v) is 8.33. The zero-order valence-corrected chi connectivity index (χ0v) is 14.5. The second kappa shape index (κ2) is 7.00. The molecule has 0 N–H and O–H groups in total. The number of nitrogens with zero attached hydrogens (tertiary/aromatic N) is 1. The van der Waals surface area contributed by atoms with Crippen LogP contribution < -0.4 is 0 Å². The van der Waals surface area contributed by atoms with Crippen molar-refractivity contribution in [1.29, 1.82) is 0 Å². The van der Waals surface area contributed by atoms with Gasteiger partial charge in [-0.3, -0.25) is 4.99 Å². The number of aryl methyl sites for hydroxylation is 2. The zero-order chi connectivity index (χ0) is 17.1. The minimum absolute atomic E-state index is 0.201. The largest absolute Gasteiger partial charge is 0.300 e. The van der Waals surface area contributed by atoms with Crippen LogP contribution in [-0.2, 0) is 4.79 Å².